The van der Waals surface area contributed by atoms with Crippen molar-refractivity contribution < 1.29 is 19.1 Å². The zero-order chi connectivity index (χ0) is 26.9. The topological polar surface area (TPSA) is 62.3 Å². The van der Waals surface area contributed by atoms with E-state index in [0.717, 1.165) is 68.8 Å². The number of nitrogens with zero attached hydrogens (tertiary/aromatic N) is 3. The Morgan fingerprint density at radius 3 is 2.34 bits per heavy atom. The Morgan fingerprint density at radius 1 is 0.947 bits per heavy atom. The highest BCUT2D eigenvalue weighted by Crippen LogP contribution is 2.39. The minimum atomic E-state index is 0.0548. The Bertz CT molecular complexity index is 1050. The molecule has 2 aromatic carbocycles. The number of rotatable bonds is 13. The summed E-state index contributed by atoms with van der Waals surface area (Å²) in [5.41, 5.74) is 2.31. The molecular weight excluding hydrogens is 478 g/mol. The van der Waals surface area contributed by atoms with Crippen LogP contribution in [-0.2, 0) is 16.1 Å². The Morgan fingerprint density at radius 2 is 1.66 bits per heavy atom. The van der Waals surface area contributed by atoms with Gasteiger partial charge in [-0.1, -0.05) is 63.1 Å². The summed E-state index contributed by atoms with van der Waals surface area (Å²) in [5.74, 6) is 2.07. The van der Waals surface area contributed by atoms with Crippen molar-refractivity contribution in [1.29, 1.82) is 0 Å². The monoisotopic (exact) mass is 521 g/mol. The molecule has 206 valence electrons. The van der Waals surface area contributed by atoms with E-state index < -0.39 is 0 Å². The lowest BCUT2D eigenvalue weighted by Crippen LogP contribution is -2.47. The number of likely N-dealkylation sites (tertiary alicyclic amines) is 1. The molecular formula is C31H43N3O4. The van der Waals surface area contributed by atoms with Crippen LogP contribution in [0.15, 0.2) is 48.5 Å². The molecule has 0 aromatic heterocycles. The van der Waals surface area contributed by atoms with Crippen LogP contribution in [0.5, 0.6) is 11.5 Å². The third-order valence-corrected chi connectivity index (χ3v) is 7.74. The SMILES string of the molecule is CCCCN(CCCC)C(=O)CN1C[C@@H](c2ccc3c(c2)OCO3)C[C@@H]1CN(Cc1ccccc1)C(C)=O. The summed E-state index contributed by atoms with van der Waals surface area (Å²) in [6, 6.07) is 16.4. The summed E-state index contributed by atoms with van der Waals surface area (Å²) in [7, 11) is 0. The van der Waals surface area contributed by atoms with Gasteiger partial charge in [-0.2, -0.15) is 0 Å². The van der Waals surface area contributed by atoms with Gasteiger partial charge in [0.2, 0.25) is 18.6 Å². The van der Waals surface area contributed by atoms with Crippen molar-refractivity contribution in [3.8, 4) is 11.5 Å². The van der Waals surface area contributed by atoms with Gasteiger partial charge in [0.1, 0.15) is 0 Å². The van der Waals surface area contributed by atoms with Crippen LogP contribution in [0.2, 0.25) is 0 Å². The molecule has 2 aliphatic heterocycles. The molecule has 2 aliphatic rings. The van der Waals surface area contributed by atoms with E-state index in [1.54, 1.807) is 6.92 Å². The van der Waals surface area contributed by atoms with Gasteiger partial charge in [0, 0.05) is 45.7 Å². The lowest BCUT2D eigenvalue weighted by atomic mass is 9.95. The molecule has 2 aromatic rings. The van der Waals surface area contributed by atoms with Gasteiger partial charge in [0.15, 0.2) is 11.5 Å². The molecule has 2 atom stereocenters. The van der Waals surface area contributed by atoms with Gasteiger partial charge >= 0.3 is 0 Å². The lowest BCUT2D eigenvalue weighted by Gasteiger charge is -2.32. The maximum absolute atomic E-state index is 13.5. The van der Waals surface area contributed by atoms with Crippen LogP contribution < -0.4 is 9.47 Å². The van der Waals surface area contributed by atoms with Gasteiger partial charge in [-0.3, -0.25) is 14.5 Å². The second-order valence-corrected chi connectivity index (χ2v) is 10.6. The fourth-order valence-electron chi connectivity index (χ4n) is 5.47. The number of hydrogen-bond donors (Lipinski definition) is 0. The highest BCUT2D eigenvalue weighted by molar-refractivity contribution is 5.78. The predicted octanol–water partition coefficient (Wildman–Crippen LogP) is 5.05. The van der Waals surface area contributed by atoms with Gasteiger partial charge in [-0.15, -0.1) is 0 Å². The maximum Gasteiger partial charge on any atom is 0.236 e. The van der Waals surface area contributed by atoms with Crippen molar-refractivity contribution in [2.24, 2.45) is 0 Å². The van der Waals surface area contributed by atoms with Crippen LogP contribution in [0.3, 0.4) is 0 Å². The van der Waals surface area contributed by atoms with Gasteiger partial charge in [0.05, 0.1) is 6.54 Å². The van der Waals surface area contributed by atoms with E-state index in [-0.39, 0.29) is 30.6 Å². The highest BCUT2D eigenvalue weighted by Gasteiger charge is 2.36. The standard InChI is InChI=1S/C31H43N3O4/c1-4-6-15-32(16-7-5-2)31(36)22-34-20-27(26-13-14-29-30(18-26)38-23-37-29)17-28(34)21-33(24(3)35)19-25-11-9-8-10-12-25/h8-14,18,27-28H,4-7,15-17,19-23H2,1-3H3/t27-,28+/m0/s1. The van der Waals surface area contributed by atoms with Crippen molar-refractivity contribution in [3.05, 3.63) is 59.7 Å². The van der Waals surface area contributed by atoms with Crippen LogP contribution in [0.25, 0.3) is 0 Å². The van der Waals surface area contributed by atoms with Gasteiger partial charge < -0.3 is 19.3 Å². The number of carbonyl (C=O) groups excluding carboxylic acids is 2. The molecule has 0 spiro atoms. The molecule has 2 heterocycles. The smallest absolute Gasteiger partial charge is 0.236 e. The van der Waals surface area contributed by atoms with E-state index in [1.165, 1.54) is 5.56 Å². The molecule has 0 aliphatic carbocycles. The van der Waals surface area contributed by atoms with Crippen molar-refractivity contribution >= 4 is 11.8 Å². The first-order chi connectivity index (χ1) is 18.5. The number of amides is 2. The van der Waals surface area contributed by atoms with Gasteiger partial charge in [-0.05, 0) is 48.4 Å². The normalized spacial score (nSPS) is 18.5. The summed E-state index contributed by atoms with van der Waals surface area (Å²) in [4.78, 5) is 32.5. The van der Waals surface area contributed by atoms with E-state index in [2.05, 4.69) is 43.0 Å². The molecule has 38 heavy (non-hydrogen) atoms. The third-order valence-electron chi connectivity index (χ3n) is 7.74. The molecule has 2 amide bonds. The van der Waals surface area contributed by atoms with Crippen LogP contribution in [0.1, 0.15) is 69.9 Å². The number of benzene rings is 2. The summed E-state index contributed by atoms with van der Waals surface area (Å²) in [6.45, 7) is 10.2. The van der Waals surface area contributed by atoms with Gasteiger partial charge in [-0.25, -0.2) is 0 Å². The summed E-state index contributed by atoms with van der Waals surface area (Å²) in [5, 5.41) is 0. The second-order valence-electron chi connectivity index (χ2n) is 10.6. The average Bonchev–Trinajstić information content (AvgIpc) is 3.55. The Hall–Kier alpha value is -3.06. The molecule has 0 bridgehead atoms. The molecule has 7 nitrogen and oxygen atoms in total. The molecule has 0 saturated carbocycles. The fraction of sp³-hybridized carbons (Fsp3) is 0.548. The highest BCUT2D eigenvalue weighted by atomic mass is 16.7. The van der Waals surface area contributed by atoms with Crippen LogP contribution in [-0.4, -0.2) is 72.1 Å². The zero-order valence-corrected chi connectivity index (χ0v) is 23.2. The first-order valence-corrected chi connectivity index (χ1v) is 14.2. The predicted molar refractivity (Wildman–Crippen MR) is 149 cm³/mol. The molecule has 0 radical (unpaired) electrons. The lowest BCUT2D eigenvalue weighted by molar-refractivity contribution is -0.133. The largest absolute Gasteiger partial charge is 0.454 e. The molecule has 0 unspecified atom stereocenters. The number of unbranched alkanes of at least 4 members (excludes halogenated alkanes) is 2. The second kappa shape index (κ2) is 13.7. The first-order valence-electron chi connectivity index (χ1n) is 14.2. The summed E-state index contributed by atoms with van der Waals surface area (Å²) < 4.78 is 11.1. The Balaban J connectivity index is 1.52. The van der Waals surface area contributed by atoms with E-state index in [4.69, 9.17) is 9.47 Å². The summed E-state index contributed by atoms with van der Waals surface area (Å²) >= 11 is 0. The van der Waals surface area contributed by atoms with Crippen LogP contribution in [0, 0.1) is 0 Å². The van der Waals surface area contributed by atoms with Crippen molar-refractivity contribution in [3.63, 3.8) is 0 Å². The molecule has 1 saturated heterocycles. The molecule has 4 rings (SSSR count). The molecule has 7 heteroatoms. The Kier molecular flexibility index (Phi) is 10.0. The third kappa shape index (κ3) is 7.28. The van der Waals surface area contributed by atoms with Crippen molar-refractivity contribution in [2.45, 2.75) is 71.4 Å². The number of hydrogen-bond acceptors (Lipinski definition) is 5. The zero-order valence-electron chi connectivity index (χ0n) is 23.2. The van der Waals surface area contributed by atoms with E-state index >= 15 is 0 Å². The van der Waals surface area contributed by atoms with Crippen molar-refractivity contribution in [2.75, 3.05) is 39.5 Å². The average molecular weight is 522 g/mol. The van der Waals surface area contributed by atoms with E-state index in [1.807, 2.05) is 34.1 Å². The molecule has 0 N–H and O–H groups in total. The van der Waals surface area contributed by atoms with Crippen LogP contribution >= 0.6 is 0 Å². The fourth-order valence-corrected chi connectivity index (χ4v) is 5.47. The Labute approximate surface area is 227 Å². The van der Waals surface area contributed by atoms with Gasteiger partial charge in [0.25, 0.3) is 0 Å². The number of fused-ring (bicyclic) bond motifs is 1. The molecule has 1 fully saturated rings. The number of ether oxygens (including phenoxy) is 2. The van der Waals surface area contributed by atoms with E-state index in [9.17, 15) is 9.59 Å². The van der Waals surface area contributed by atoms with E-state index in [0.29, 0.717) is 19.6 Å². The summed E-state index contributed by atoms with van der Waals surface area (Å²) in [6.07, 6.45) is 5.07. The maximum atomic E-state index is 13.5. The number of carbonyl (C=O) groups is 2. The quantitative estimate of drug-likeness (QED) is 0.369. The first kappa shape index (κ1) is 28.0. The minimum absolute atomic E-state index is 0.0548. The van der Waals surface area contributed by atoms with Crippen molar-refractivity contribution in [1.82, 2.24) is 14.7 Å². The van der Waals surface area contributed by atoms with Crippen LogP contribution in [0.4, 0.5) is 0 Å². The minimum Gasteiger partial charge on any atom is -0.454 e.